The van der Waals surface area contributed by atoms with Gasteiger partial charge in [0.25, 0.3) is 0 Å². The highest BCUT2D eigenvalue weighted by Crippen LogP contribution is 2.34. The number of rotatable bonds is 0. The summed E-state index contributed by atoms with van der Waals surface area (Å²) < 4.78 is 0.962. The molecule has 72 valence electrons. The molecular weight excluding hydrogens is 312 g/mol. The Bertz CT molecular complexity index is 442. The van der Waals surface area contributed by atoms with Gasteiger partial charge in [-0.05, 0) is 34.7 Å². The lowest BCUT2D eigenvalue weighted by molar-refractivity contribution is 0.0962. The monoisotopic (exact) mass is 319 g/mol. The van der Waals surface area contributed by atoms with Crippen LogP contribution in [0.15, 0.2) is 17.1 Å². The second-order valence-corrected chi connectivity index (χ2v) is 4.87. The summed E-state index contributed by atoms with van der Waals surface area (Å²) in [6.45, 7) is 1.84. The summed E-state index contributed by atoms with van der Waals surface area (Å²) in [6, 6.07) is 3.64. The molecule has 0 saturated heterocycles. The first-order valence-corrected chi connectivity index (χ1v) is 5.62. The van der Waals surface area contributed by atoms with Crippen LogP contribution >= 0.6 is 34.2 Å². The van der Waals surface area contributed by atoms with Gasteiger partial charge >= 0.3 is 0 Å². The number of benzene rings is 1. The van der Waals surface area contributed by atoms with Gasteiger partial charge in [0, 0.05) is 15.3 Å². The van der Waals surface area contributed by atoms with Gasteiger partial charge in [-0.2, -0.15) is 0 Å². The maximum atomic E-state index is 11.8. The second-order valence-electron chi connectivity index (χ2n) is 3.21. The van der Waals surface area contributed by atoms with Crippen LogP contribution in [-0.2, 0) is 0 Å². The van der Waals surface area contributed by atoms with Crippen molar-refractivity contribution in [3.63, 3.8) is 0 Å². The van der Waals surface area contributed by atoms with Crippen LogP contribution in [0.5, 0.6) is 0 Å². The molecule has 0 amide bonds. The molecule has 1 atom stereocenters. The normalized spacial score (nSPS) is 19.6. The summed E-state index contributed by atoms with van der Waals surface area (Å²) in [5.41, 5.74) is 1.24. The Hall–Kier alpha value is -0.420. The molecule has 4 heteroatoms. The molecule has 2 nitrogen and oxygen atoms in total. The number of hydrogen-bond acceptors (Lipinski definition) is 2. The van der Waals surface area contributed by atoms with Crippen LogP contribution in [0.3, 0.4) is 0 Å². The van der Waals surface area contributed by atoms with Gasteiger partial charge in [0.2, 0.25) is 0 Å². The number of carbonyl (C=O) groups excluding carboxylic acids is 1. The lowest BCUT2D eigenvalue weighted by atomic mass is 9.96. The average molecular weight is 320 g/mol. The summed E-state index contributed by atoms with van der Waals surface area (Å²) in [4.78, 5) is 16.0. The van der Waals surface area contributed by atoms with Gasteiger partial charge in [-0.25, -0.2) is 0 Å². The van der Waals surface area contributed by atoms with E-state index >= 15 is 0 Å². The minimum atomic E-state index is -0.142. The third-order valence-corrected chi connectivity index (χ3v) is 3.05. The molecule has 1 aromatic rings. The molecule has 1 unspecified atom stereocenters. The smallest absolute Gasteiger partial charge is 0.173 e. The fraction of sp³-hybridized carbons (Fsp3) is 0.200. The second kappa shape index (κ2) is 3.62. The maximum Gasteiger partial charge on any atom is 0.173 e. The van der Waals surface area contributed by atoms with Crippen LogP contribution in [0.1, 0.15) is 17.3 Å². The van der Waals surface area contributed by atoms with E-state index in [0.29, 0.717) is 16.3 Å². The van der Waals surface area contributed by atoms with Crippen LogP contribution in [-0.4, -0.2) is 12.0 Å². The van der Waals surface area contributed by atoms with Crippen molar-refractivity contribution >= 4 is 51.9 Å². The molecule has 1 aromatic carbocycles. The molecule has 0 aromatic heterocycles. The summed E-state index contributed by atoms with van der Waals surface area (Å²) in [7, 11) is 0. The third-order valence-electron chi connectivity index (χ3n) is 2.13. The largest absolute Gasteiger partial charge is 0.293 e. The van der Waals surface area contributed by atoms with E-state index in [0.717, 1.165) is 3.57 Å². The van der Waals surface area contributed by atoms with Gasteiger partial charge in [0.15, 0.2) is 5.78 Å². The molecule has 2 rings (SSSR count). The molecule has 0 fully saturated rings. The Morgan fingerprint density at radius 2 is 2.21 bits per heavy atom. The molecule has 14 heavy (non-hydrogen) atoms. The number of carbonyl (C=O) groups is 1. The Balaban J connectivity index is 2.68. The predicted octanol–water partition coefficient (Wildman–Crippen LogP) is 3.48. The van der Waals surface area contributed by atoms with Crippen molar-refractivity contribution in [2.75, 3.05) is 0 Å². The zero-order valence-electron chi connectivity index (χ0n) is 7.42. The SMILES string of the molecule is CC1C=Nc2c(Cl)cc(I)cc2C1=O. The molecule has 0 spiro atoms. The number of ketones is 1. The lowest BCUT2D eigenvalue weighted by Gasteiger charge is -2.14. The quantitative estimate of drug-likeness (QED) is 0.673. The van der Waals surface area contributed by atoms with E-state index in [9.17, 15) is 4.79 Å². The lowest BCUT2D eigenvalue weighted by Crippen LogP contribution is -2.16. The number of aliphatic imine (C=N–C) groups is 1. The molecule has 0 saturated carbocycles. The van der Waals surface area contributed by atoms with Gasteiger partial charge in [-0.1, -0.05) is 18.5 Å². The Morgan fingerprint density at radius 3 is 2.93 bits per heavy atom. The van der Waals surface area contributed by atoms with Gasteiger partial charge in [0.1, 0.15) is 0 Å². The number of hydrogen-bond donors (Lipinski definition) is 0. The van der Waals surface area contributed by atoms with Gasteiger partial charge in [-0.15, -0.1) is 0 Å². The van der Waals surface area contributed by atoms with E-state index in [2.05, 4.69) is 27.6 Å². The maximum absolute atomic E-state index is 11.8. The van der Waals surface area contributed by atoms with Crippen molar-refractivity contribution < 1.29 is 4.79 Å². The summed E-state index contributed by atoms with van der Waals surface area (Å²) >= 11 is 8.13. The first kappa shape index (κ1) is 10.1. The van der Waals surface area contributed by atoms with Crippen LogP contribution in [0.4, 0.5) is 5.69 Å². The summed E-state index contributed by atoms with van der Waals surface area (Å²) in [5.74, 6) is -0.0489. The van der Waals surface area contributed by atoms with Gasteiger partial charge in [0.05, 0.1) is 16.6 Å². The minimum Gasteiger partial charge on any atom is -0.293 e. The van der Waals surface area contributed by atoms with E-state index in [1.165, 1.54) is 0 Å². The Kier molecular flexibility index (Phi) is 2.62. The molecule has 0 radical (unpaired) electrons. The summed E-state index contributed by atoms with van der Waals surface area (Å²) in [5, 5.41) is 0.545. The zero-order valence-corrected chi connectivity index (χ0v) is 10.3. The fourth-order valence-electron chi connectivity index (χ4n) is 1.38. The molecule has 1 aliphatic heterocycles. The van der Waals surface area contributed by atoms with E-state index in [1.54, 1.807) is 6.21 Å². The molecule has 1 heterocycles. The molecule has 0 bridgehead atoms. The minimum absolute atomic E-state index is 0.0930. The Morgan fingerprint density at radius 1 is 1.50 bits per heavy atom. The van der Waals surface area contributed by atoms with Gasteiger partial charge < -0.3 is 0 Å². The number of nitrogens with zero attached hydrogens (tertiary/aromatic N) is 1. The topological polar surface area (TPSA) is 29.4 Å². The highest BCUT2D eigenvalue weighted by molar-refractivity contribution is 14.1. The van der Waals surface area contributed by atoms with Crippen molar-refractivity contribution in [2.45, 2.75) is 6.92 Å². The van der Waals surface area contributed by atoms with Crippen molar-refractivity contribution in [2.24, 2.45) is 10.9 Å². The molecular formula is C10H7ClINO. The zero-order chi connectivity index (χ0) is 10.3. The third kappa shape index (κ3) is 1.59. The molecule has 0 N–H and O–H groups in total. The molecule has 1 aliphatic rings. The fourth-order valence-corrected chi connectivity index (χ4v) is 2.46. The van der Waals surface area contributed by atoms with Crippen molar-refractivity contribution in [3.05, 3.63) is 26.3 Å². The van der Waals surface area contributed by atoms with E-state index in [-0.39, 0.29) is 11.7 Å². The number of halogens is 2. The van der Waals surface area contributed by atoms with E-state index in [1.807, 2.05) is 19.1 Å². The average Bonchev–Trinajstić information content (AvgIpc) is 2.12. The van der Waals surface area contributed by atoms with Crippen LogP contribution < -0.4 is 0 Å². The van der Waals surface area contributed by atoms with Crippen LogP contribution in [0.2, 0.25) is 5.02 Å². The van der Waals surface area contributed by atoms with Crippen LogP contribution in [0, 0.1) is 9.49 Å². The van der Waals surface area contributed by atoms with Crippen LogP contribution in [0.25, 0.3) is 0 Å². The first-order valence-electron chi connectivity index (χ1n) is 4.17. The van der Waals surface area contributed by atoms with Gasteiger partial charge in [-0.3, -0.25) is 9.79 Å². The summed E-state index contributed by atoms with van der Waals surface area (Å²) in [6.07, 6.45) is 1.64. The van der Waals surface area contributed by atoms with E-state index in [4.69, 9.17) is 11.6 Å². The highest BCUT2D eigenvalue weighted by Gasteiger charge is 2.23. The Labute approximate surface area is 101 Å². The van der Waals surface area contributed by atoms with Crippen molar-refractivity contribution in [1.29, 1.82) is 0 Å². The number of fused-ring (bicyclic) bond motifs is 1. The number of Topliss-reactive ketones (excluding diaryl/α,β-unsaturated/α-hetero) is 1. The standard InChI is InChI=1S/C10H7ClINO/c1-5-4-13-9-7(10(5)14)2-6(12)3-8(9)11/h2-5H,1H3. The van der Waals surface area contributed by atoms with Crippen molar-refractivity contribution in [3.8, 4) is 0 Å². The first-order chi connectivity index (χ1) is 6.59. The predicted molar refractivity (Wildman–Crippen MR) is 65.8 cm³/mol. The highest BCUT2D eigenvalue weighted by atomic mass is 127. The van der Waals surface area contributed by atoms with E-state index < -0.39 is 0 Å². The van der Waals surface area contributed by atoms with Crippen molar-refractivity contribution in [1.82, 2.24) is 0 Å². The molecule has 0 aliphatic carbocycles.